The van der Waals surface area contributed by atoms with Crippen molar-refractivity contribution in [3.63, 3.8) is 0 Å². The molecule has 1 aliphatic heterocycles. The zero-order chi connectivity index (χ0) is 24.0. The summed E-state index contributed by atoms with van der Waals surface area (Å²) in [5.74, 6) is 0.905. The fourth-order valence-electron chi connectivity index (χ4n) is 4.30. The second kappa shape index (κ2) is 10.8. The summed E-state index contributed by atoms with van der Waals surface area (Å²) in [6.07, 6.45) is 1.15. The number of anilines is 1. The maximum absolute atomic E-state index is 13.4. The van der Waals surface area contributed by atoms with E-state index in [1.165, 1.54) is 21.3 Å². The van der Waals surface area contributed by atoms with Crippen LogP contribution in [-0.4, -0.2) is 44.9 Å². The predicted octanol–water partition coefficient (Wildman–Crippen LogP) is 4.31. The van der Waals surface area contributed by atoms with Crippen LogP contribution in [0.4, 0.5) is 5.69 Å². The zero-order valence-electron chi connectivity index (χ0n) is 19.4. The Hall–Kier alpha value is -2.89. The number of nitrogens with zero attached hydrogens (tertiary/aromatic N) is 3. The molecule has 0 spiro atoms. The molecule has 33 heavy (non-hydrogen) atoms. The fraction of sp³-hybridized carbons (Fsp3) is 0.440. The first kappa shape index (κ1) is 24.7. The average Bonchev–Trinajstić information content (AvgIpc) is 2.80. The molecule has 0 radical (unpaired) electrons. The summed E-state index contributed by atoms with van der Waals surface area (Å²) < 4.78 is 33.6. The smallest absolute Gasteiger partial charge is 0.258 e. The molecule has 0 aliphatic carbocycles. The molecule has 1 saturated heterocycles. The number of nitriles is 1. The first-order chi connectivity index (χ1) is 15.8. The Morgan fingerprint density at radius 2 is 1.82 bits per heavy atom. The van der Waals surface area contributed by atoms with E-state index >= 15 is 0 Å². The van der Waals surface area contributed by atoms with E-state index in [1.54, 1.807) is 36.4 Å². The number of sulfonamides is 1. The van der Waals surface area contributed by atoms with Gasteiger partial charge in [0, 0.05) is 30.9 Å². The van der Waals surface area contributed by atoms with E-state index in [0.29, 0.717) is 31.1 Å². The lowest BCUT2D eigenvalue weighted by atomic mass is 9.94. The van der Waals surface area contributed by atoms with Crippen molar-refractivity contribution in [3.8, 4) is 11.8 Å². The molecule has 1 heterocycles. The van der Waals surface area contributed by atoms with Gasteiger partial charge in [0.05, 0.1) is 24.0 Å². The number of piperidine rings is 1. The van der Waals surface area contributed by atoms with Crippen molar-refractivity contribution in [2.75, 3.05) is 31.1 Å². The molecule has 2 aromatic carbocycles. The Balaban J connectivity index is 1.90. The summed E-state index contributed by atoms with van der Waals surface area (Å²) in [4.78, 5) is 15.0. The predicted molar refractivity (Wildman–Crippen MR) is 128 cm³/mol. The molecule has 0 N–H and O–H groups in total. The molecule has 0 saturated carbocycles. The van der Waals surface area contributed by atoms with E-state index in [2.05, 4.69) is 19.9 Å². The fourth-order valence-corrected chi connectivity index (χ4v) is 6.02. The van der Waals surface area contributed by atoms with Crippen molar-refractivity contribution in [2.45, 2.75) is 38.5 Å². The Labute approximate surface area is 196 Å². The largest absolute Gasteiger partial charge is 0.494 e. The van der Waals surface area contributed by atoms with Crippen molar-refractivity contribution < 1.29 is 17.9 Å². The maximum atomic E-state index is 13.4. The molecule has 1 fully saturated rings. The van der Waals surface area contributed by atoms with E-state index in [-0.39, 0.29) is 41.2 Å². The van der Waals surface area contributed by atoms with Crippen molar-refractivity contribution in [3.05, 3.63) is 54.1 Å². The highest BCUT2D eigenvalue weighted by atomic mass is 32.2. The van der Waals surface area contributed by atoms with Gasteiger partial charge in [-0.2, -0.15) is 9.57 Å². The van der Waals surface area contributed by atoms with Gasteiger partial charge in [0.15, 0.2) is 0 Å². The number of carbonyl (C=O) groups is 1. The summed E-state index contributed by atoms with van der Waals surface area (Å²) in [5, 5.41) is 9.07. The lowest BCUT2D eigenvalue weighted by Gasteiger charge is -2.34. The topological polar surface area (TPSA) is 90.7 Å². The quantitative estimate of drug-likeness (QED) is 0.574. The molecule has 1 aliphatic rings. The van der Waals surface area contributed by atoms with Gasteiger partial charge >= 0.3 is 0 Å². The highest BCUT2D eigenvalue weighted by Gasteiger charge is 2.32. The highest BCUT2D eigenvalue weighted by Crippen LogP contribution is 2.28. The standard InChI is InChI=1S/C25H31N3O4S/c1-4-32-23-11-9-22(10-12-23)28(14-6-13-26)25(29)21-7-5-8-24(16-21)33(30,31)27-17-19(2)15-20(3)18-27/h5,7-12,16,19-20H,4,6,14-15,17-18H2,1-3H3. The van der Waals surface area contributed by atoms with Crippen LogP contribution in [0.2, 0.25) is 0 Å². The van der Waals surface area contributed by atoms with Gasteiger partial charge in [-0.15, -0.1) is 0 Å². The number of ether oxygens (including phenoxy) is 1. The van der Waals surface area contributed by atoms with Crippen LogP contribution in [0.1, 0.15) is 44.0 Å². The van der Waals surface area contributed by atoms with Crippen molar-refractivity contribution in [2.24, 2.45) is 11.8 Å². The van der Waals surface area contributed by atoms with Crippen LogP contribution in [0.25, 0.3) is 0 Å². The molecule has 0 bridgehead atoms. The molecule has 2 atom stereocenters. The summed E-state index contributed by atoms with van der Waals surface area (Å²) >= 11 is 0. The Kier molecular flexibility index (Phi) is 8.11. The molecule has 1 amide bonds. The number of rotatable bonds is 8. The third-order valence-corrected chi connectivity index (χ3v) is 7.53. The van der Waals surface area contributed by atoms with Gasteiger partial charge in [-0.05, 0) is 67.6 Å². The van der Waals surface area contributed by atoms with Gasteiger partial charge in [0.1, 0.15) is 5.75 Å². The van der Waals surface area contributed by atoms with E-state index < -0.39 is 10.0 Å². The maximum Gasteiger partial charge on any atom is 0.258 e. The first-order valence-corrected chi connectivity index (χ1v) is 12.7. The summed E-state index contributed by atoms with van der Waals surface area (Å²) in [7, 11) is -3.71. The molecule has 2 unspecified atom stereocenters. The van der Waals surface area contributed by atoms with Gasteiger partial charge in [-0.3, -0.25) is 4.79 Å². The monoisotopic (exact) mass is 469 g/mol. The van der Waals surface area contributed by atoms with Crippen molar-refractivity contribution in [1.82, 2.24) is 4.31 Å². The number of hydrogen-bond acceptors (Lipinski definition) is 5. The van der Waals surface area contributed by atoms with Gasteiger partial charge in [0.25, 0.3) is 5.91 Å². The van der Waals surface area contributed by atoms with Crippen molar-refractivity contribution in [1.29, 1.82) is 5.26 Å². The van der Waals surface area contributed by atoms with Crippen LogP contribution >= 0.6 is 0 Å². The Morgan fingerprint density at radius 3 is 2.42 bits per heavy atom. The summed E-state index contributed by atoms with van der Waals surface area (Å²) in [6.45, 7) is 7.69. The van der Waals surface area contributed by atoms with E-state index in [9.17, 15) is 13.2 Å². The minimum Gasteiger partial charge on any atom is -0.494 e. The molecule has 0 aromatic heterocycles. The van der Waals surface area contributed by atoms with Crippen molar-refractivity contribution >= 4 is 21.6 Å². The number of carbonyl (C=O) groups excluding carboxylic acids is 1. The van der Waals surface area contributed by atoms with Gasteiger partial charge < -0.3 is 9.64 Å². The lowest BCUT2D eigenvalue weighted by molar-refractivity contribution is 0.0987. The average molecular weight is 470 g/mol. The molecule has 7 nitrogen and oxygen atoms in total. The lowest BCUT2D eigenvalue weighted by Crippen LogP contribution is -2.42. The van der Waals surface area contributed by atoms with E-state index in [4.69, 9.17) is 10.00 Å². The molecular formula is C25H31N3O4S. The van der Waals surface area contributed by atoms with Crippen LogP contribution in [0.5, 0.6) is 5.75 Å². The molecule has 8 heteroatoms. The first-order valence-electron chi connectivity index (χ1n) is 11.3. The van der Waals surface area contributed by atoms with Crippen LogP contribution in [0, 0.1) is 23.2 Å². The van der Waals surface area contributed by atoms with E-state index in [0.717, 1.165) is 6.42 Å². The molecular weight excluding hydrogens is 438 g/mol. The number of amides is 1. The third-order valence-electron chi connectivity index (χ3n) is 5.71. The third kappa shape index (κ3) is 5.92. The van der Waals surface area contributed by atoms with Crippen LogP contribution in [0.15, 0.2) is 53.4 Å². The van der Waals surface area contributed by atoms with Gasteiger partial charge in [-0.1, -0.05) is 19.9 Å². The number of benzene rings is 2. The highest BCUT2D eigenvalue weighted by molar-refractivity contribution is 7.89. The van der Waals surface area contributed by atoms with Crippen LogP contribution in [-0.2, 0) is 10.0 Å². The van der Waals surface area contributed by atoms with Gasteiger partial charge in [0.2, 0.25) is 10.0 Å². The zero-order valence-corrected chi connectivity index (χ0v) is 20.2. The second-order valence-electron chi connectivity index (χ2n) is 8.59. The van der Waals surface area contributed by atoms with E-state index in [1.807, 2.05) is 6.92 Å². The number of hydrogen-bond donors (Lipinski definition) is 0. The minimum absolute atomic E-state index is 0.113. The van der Waals surface area contributed by atoms with Crippen LogP contribution < -0.4 is 9.64 Å². The van der Waals surface area contributed by atoms with Gasteiger partial charge in [-0.25, -0.2) is 8.42 Å². The van der Waals surface area contributed by atoms with Crippen LogP contribution in [0.3, 0.4) is 0 Å². The SMILES string of the molecule is CCOc1ccc(N(CCC#N)C(=O)c2cccc(S(=O)(=O)N3CC(C)CC(C)C3)c2)cc1. The molecule has 2 aromatic rings. The molecule has 176 valence electrons. The Morgan fingerprint density at radius 1 is 1.15 bits per heavy atom. The normalized spacial score (nSPS) is 19.0. The second-order valence-corrected chi connectivity index (χ2v) is 10.5. The summed E-state index contributed by atoms with van der Waals surface area (Å²) in [5.41, 5.74) is 0.881. The minimum atomic E-state index is -3.71. The summed E-state index contributed by atoms with van der Waals surface area (Å²) in [6, 6.07) is 15.3. The molecule has 3 rings (SSSR count). The Bertz CT molecular complexity index is 1100.